The zero-order valence-electron chi connectivity index (χ0n) is 14.2. The zero-order chi connectivity index (χ0) is 19.4. The number of halogens is 3. The van der Waals surface area contributed by atoms with Crippen LogP contribution < -0.4 is 10.6 Å². The van der Waals surface area contributed by atoms with E-state index < -0.39 is 29.0 Å². The molecule has 0 aromatic heterocycles. The van der Waals surface area contributed by atoms with E-state index in [1.54, 1.807) is 0 Å². The average molecular weight is 378 g/mol. The van der Waals surface area contributed by atoms with E-state index in [9.17, 15) is 22.8 Å². The molecule has 1 saturated heterocycles. The summed E-state index contributed by atoms with van der Waals surface area (Å²) < 4.78 is 45.2. The summed E-state index contributed by atoms with van der Waals surface area (Å²) in [5.41, 5.74) is 0.00986. The van der Waals surface area contributed by atoms with Crippen molar-refractivity contribution >= 4 is 17.5 Å². The molecule has 1 aliphatic heterocycles. The molecule has 8 heteroatoms. The van der Waals surface area contributed by atoms with Gasteiger partial charge in [-0.05, 0) is 49.2 Å². The molecule has 0 aliphatic carbocycles. The van der Waals surface area contributed by atoms with E-state index in [0.717, 1.165) is 25.0 Å². The fraction of sp³-hybridized carbons (Fsp3) is 0.263. The van der Waals surface area contributed by atoms with Crippen LogP contribution in [0, 0.1) is 17.5 Å². The first-order valence-electron chi connectivity index (χ1n) is 8.40. The Labute approximate surface area is 153 Å². The highest BCUT2D eigenvalue weighted by Gasteiger charge is 2.18. The van der Waals surface area contributed by atoms with Crippen molar-refractivity contribution < 1.29 is 27.5 Å². The van der Waals surface area contributed by atoms with Crippen molar-refractivity contribution in [3.63, 3.8) is 0 Å². The lowest BCUT2D eigenvalue weighted by Gasteiger charge is -2.11. The lowest BCUT2D eigenvalue weighted by molar-refractivity contribution is 0.0857. The topological polar surface area (TPSA) is 67.4 Å². The molecule has 2 aromatic carbocycles. The maximum absolute atomic E-state index is 13.6. The highest BCUT2D eigenvalue weighted by Crippen LogP contribution is 2.20. The standard InChI is InChI=1S/C19H17F3N2O3/c20-14-7-8-15(17(22)16(14)21)24-19(26)12-5-3-11(4-6-12)18(25)23-10-13-2-1-9-27-13/h3-8,13H,1-2,9-10H2,(H,23,25)(H,24,26). The van der Waals surface area contributed by atoms with E-state index in [1.807, 2.05) is 0 Å². The molecule has 0 saturated carbocycles. The summed E-state index contributed by atoms with van der Waals surface area (Å²) in [5, 5.41) is 4.92. The predicted molar refractivity (Wildman–Crippen MR) is 92.0 cm³/mol. The molecule has 1 aliphatic rings. The third-order valence-electron chi connectivity index (χ3n) is 4.21. The van der Waals surface area contributed by atoms with Crippen LogP contribution in [0.25, 0.3) is 0 Å². The highest BCUT2D eigenvalue weighted by atomic mass is 19.2. The number of amides is 2. The van der Waals surface area contributed by atoms with E-state index in [2.05, 4.69) is 10.6 Å². The minimum absolute atomic E-state index is 0.0185. The first kappa shape index (κ1) is 18.9. The molecule has 3 rings (SSSR count). The van der Waals surface area contributed by atoms with Crippen LogP contribution in [0.5, 0.6) is 0 Å². The van der Waals surface area contributed by atoms with Crippen molar-refractivity contribution in [2.75, 3.05) is 18.5 Å². The quantitative estimate of drug-likeness (QED) is 0.785. The summed E-state index contributed by atoms with van der Waals surface area (Å²) in [7, 11) is 0. The maximum Gasteiger partial charge on any atom is 0.255 e. The van der Waals surface area contributed by atoms with Gasteiger partial charge >= 0.3 is 0 Å². The Kier molecular flexibility index (Phi) is 5.75. The molecule has 2 aromatic rings. The van der Waals surface area contributed by atoms with Gasteiger partial charge in [0.25, 0.3) is 11.8 Å². The number of benzene rings is 2. The Hall–Kier alpha value is -2.87. The van der Waals surface area contributed by atoms with E-state index >= 15 is 0 Å². The highest BCUT2D eigenvalue weighted by molar-refractivity contribution is 6.05. The number of carbonyl (C=O) groups is 2. The van der Waals surface area contributed by atoms with Crippen LogP contribution in [0.15, 0.2) is 36.4 Å². The second kappa shape index (κ2) is 8.22. The number of carbonyl (C=O) groups excluding carboxylic acids is 2. The van der Waals surface area contributed by atoms with E-state index in [-0.39, 0.29) is 17.6 Å². The van der Waals surface area contributed by atoms with Crippen LogP contribution in [0.4, 0.5) is 18.9 Å². The van der Waals surface area contributed by atoms with Gasteiger partial charge in [0.15, 0.2) is 17.5 Å². The largest absolute Gasteiger partial charge is 0.376 e. The summed E-state index contributed by atoms with van der Waals surface area (Å²) in [6, 6.07) is 7.30. The lowest BCUT2D eigenvalue weighted by atomic mass is 10.1. The van der Waals surface area contributed by atoms with Gasteiger partial charge in [-0.25, -0.2) is 13.2 Å². The molecule has 2 N–H and O–H groups in total. The molecule has 0 bridgehead atoms. The molecule has 0 radical (unpaired) electrons. The molecule has 1 heterocycles. The van der Waals surface area contributed by atoms with E-state index in [0.29, 0.717) is 18.7 Å². The predicted octanol–water partition coefficient (Wildman–Crippen LogP) is 3.27. The van der Waals surface area contributed by atoms with Gasteiger partial charge in [0.2, 0.25) is 0 Å². The zero-order valence-corrected chi connectivity index (χ0v) is 14.2. The van der Waals surface area contributed by atoms with Crippen molar-refractivity contribution in [2.24, 2.45) is 0 Å². The number of hydrogen-bond acceptors (Lipinski definition) is 3. The molecule has 1 unspecified atom stereocenters. The molecular weight excluding hydrogens is 361 g/mol. The Morgan fingerprint density at radius 2 is 1.63 bits per heavy atom. The minimum Gasteiger partial charge on any atom is -0.376 e. The second-order valence-electron chi connectivity index (χ2n) is 6.10. The number of ether oxygens (including phenoxy) is 1. The average Bonchev–Trinajstić information content (AvgIpc) is 3.20. The Balaban J connectivity index is 1.61. The fourth-order valence-corrected chi connectivity index (χ4v) is 2.70. The first-order valence-corrected chi connectivity index (χ1v) is 8.40. The van der Waals surface area contributed by atoms with Gasteiger partial charge in [-0.15, -0.1) is 0 Å². The van der Waals surface area contributed by atoms with Crippen molar-refractivity contribution in [2.45, 2.75) is 18.9 Å². The molecule has 1 atom stereocenters. The van der Waals surface area contributed by atoms with E-state index in [1.165, 1.54) is 24.3 Å². The summed E-state index contributed by atoms with van der Waals surface area (Å²) >= 11 is 0. The Bertz CT molecular complexity index is 850. The third kappa shape index (κ3) is 4.46. The van der Waals surface area contributed by atoms with Crippen LogP contribution in [0.2, 0.25) is 0 Å². The van der Waals surface area contributed by atoms with E-state index in [4.69, 9.17) is 4.74 Å². The van der Waals surface area contributed by atoms with Crippen molar-refractivity contribution in [1.29, 1.82) is 0 Å². The smallest absolute Gasteiger partial charge is 0.255 e. The van der Waals surface area contributed by atoms with Crippen molar-refractivity contribution in [1.82, 2.24) is 5.32 Å². The first-order chi connectivity index (χ1) is 13.0. The molecule has 1 fully saturated rings. The van der Waals surface area contributed by atoms with Gasteiger partial charge in [-0.1, -0.05) is 0 Å². The van der Waals surface area contributed by atoms with Gasteiger partial charge in [0.1, 0.15) is 0 Å². The van der Waals surface area contributed by atoms with Crippen LogP contribution in [0.1, 0.15) is 33.6 Å². The van der Waals surface area contributed by atoms with Crippen LogP contribution >= 0.6 is 0 Å². The SMILES string of the molecule is O=C(NCC1CCCO1)c1ccc(C(=O)Nc2ccc(F)c(F)c2F)cc1. The van der Waals surface area contributed by atoms with Gasteiger partial charge < -0.3 is 15.4 Å². The number of nitrogens with one attached hydrogen (secondary N) is 2. The van der Waals surface area contributed by atoms with Gasteiger partial charge in [0.05, 0.1) is 11.8 Å². The number of hydrogen-bond donors (Lipinski definition) is 2. The molecular formula is C19H17F3N2O3. The summed E-state index contributed by atoms with van der Waals surface area (Å²) in [5.74, 6) is -5.50. The fourth-order valence-electron chi connectivity index (χ4n) is 2.70. The summed E-state index contributed by atoms with van der Waals surface area (Å²) in [6.45, 7) is 1.11. The normalized spacial score (nSPS) is 16.2. The van der Waals surface area contributed by atoms with Crippen LogP contribution in [-0.2, 0) is 4.74 Å². The molecule has 142 valence electrons. The second-order valence-corrected chi connectivity index (χ2v) is 6.10. The van der Waals surface area contributed by atoms with Crippen LogP contribution in [-0.4, -0.2) is 31.1 Å². The van der Waals surface area contributed by atoms with Gasteiger partial charge in [-0.3, -0.25) is 9.59 Å². The summed E-state index contributed by atoms with van der Waals surface area (Å²) in [6.07, 6.45) is 1.90. The lowest BCUT2D eigenvalue weighted by Crippen LogP contribution is -2.31. The Morgan fingerprint density at radius 3 is 2.26 bits per heavy atom. The number of rotatable bonds is 5. The third-order valence-corrected chi connectivity index (χ3v) is 4.21. The van der Waals surface area contributed by atoms with Crippen LogP contribution in [0.3, 0.4) is 0 Å². The maximum atomic E-state index is 13.6. The monoisotopic (exact) mass is 378 g/mol. The molecule has 27 heavy (non-hydrogen) atoms. The Morgan fingerprint density at radius 1 is 0.963 bits per heavy atom. The van der Waals surface area contributed by atoms with Gasteiger partial charge in [0, 0.05) is 24.3 Å². The van der Waals surface area contributed by atoms with Gasteiger partial charge in [-0.2, -0.15) is 0 Å². The van der Waals surface area contributed by atoms with Crippen molar-refractivity contribution in [3.05, 3.63) is 65.0 Å². The number of anilines is 1. The molecule has 2 amide bonds. The molecule has 0 spiro atoms. The molecule has 5 nitrogen and oxygen atoms in total. The van der Waals surface area contributed by atoms with Crippen molar-refractivity contribution in [3.8, 4) is 0 Å². The minimum atomic E-state index is -1.66. The summed E-state index contributed by atoms with van der Waals surface area (Å²) in [4.78, 5) is 24.2.